The maximum absolute atomic E-state index is 12.5. The van der Waals surface area contributed by atoms with Gasteiger partial charge in [0.2, 0.25) is 0 Å². The van der Waals surface area contributed by atoms with Crippen LogP contribution in [0.4, 0.5) is 0 Å². The van der Waals surface area contributed by atoms with E-state index in [1.54, 1.807) is 79.8 Å². The fraction of sp³-hybridized carbons (Fsp3) is 0.652. The van der Waals surface area contributed by atoms with E-state index in [0.717, 1.165) is 0 Å². The first kappa shape index (κ1) is 54.9. The Hall–Kier alpha value is -3.44. The minimum absolute atomic E-state index is 0.104. The Bertz CT molecular complexity index is 1630. The van der Waals surface area contributed by atoms with Crippen LogP contribution < -0.4 is 5.73 Å². The number of allylic oxidation sites excluding steroid dienone is 12. The molecule has 0 unspecified atom stereocenters. The summed E-state index contributed by atoms with van der Waals surface area (Å²) in [6.45, 7) is 4.97. The van der Waals surface area contributed by atoms with Crippen molar-refractivity contribution in [1.82, 2.24) is 0 Å². The van der Waals surface area contributed by atoms with Crippen LogP contribution in [-0.2, 0) is 28.5 Å². The Morgan fingerprint density at radius 1 is 0.672 bits per heavy atom. The molecule has 0 aromatic heterocycles. The number of aliphatic hydroxyl groups is 10. The molecule has 0 amide bonds. The van der Waals surface area contributed by atoms with Crippen LogP contribution in [-0.4, -0.2) is 166 Å². The molecule has 13 N–H and O–H groups in total. The third-order valence-electron chi connectivity index (χ3n) is 11.4. The molecule has 3 aliphatic rings. The van der Waals surface area contributed by atoms with Gasteiger partial charge in [0, 0.05) is 38.0 Å². The first-order chi connectivity index (χ1) is 30.2. The van der Waals surface area contributed by atoms with Crippen molar-refractivity contribution in [1.29, 1.82) is 0 Å². The highest BCUT2D eigenvalue weighted by Crippen LogP contribution is 2.38. The molecule has 0 radical (unpaired) electrons. The fourth-order valence-corrected chi connectivity index (χ4v) is 7.74. The van der Waals surface area contributed by atoms with Crippen molar-refractivity contribution in [2.75, 3.05) is 0 Å². The standard InChI is InChI=1S/C46H71NO17/c1-27-16-14-12-10-8-6-4-5-7-9-11-13-15-17-33(63-45-43(57)41(47)42(56)29(3)62-45)24-38-40(44(58)59)37(54)26-46(60,64-38)25-32(50)22-36(53)34(51)19-18-30(48)21-31(49)23-39(55)61-28(2)20-35(27)52/h4-17,27-38,40-43,45,48-54,56-57,60H,18-26,47H2,1-3H3,(H,58,59)/b5-4+,8-6+,9-7+,12-10+,13-11+,16-14+,17-15+/t27-,28-,29+,30+,31+,32-,33-,34+,35-,36+,37-,38-,40+,41-,42+,43-,45-,46+/m0/s1. The summed E-state index contributed by atoms with van der Waals surface area (Å²) >= 11 is 0. The van der Waals surface area contributed by atoms with Crippen LogP contribution >= 0.6 is 0 Å². The monoisotopic (exact) mass is 909 g/mol. The van der Waals surface area contributed by atoms with Gasteiger partial charge in [-0.05, 0) is 33.1 Å². The number of esters is 1. The molecule has 0 aromatic carbocycles. The van der Waals surface area contributed by atoms with E-state index >= 15 is 0 Å². The smallest absolute Gasteiger partial charge is 0.311 e. The molecule has 18 atom stereocenters. The molecule has 362 valence electrons. The number of cyclic esters (lactones) is 1. The molecule has 0 aromatic rings. The molecule has 3 aliphatic heterocycles. The Kier molecular flexibility index (Phi) is 23.4. The summed E-state index contributed by atoms with van der Waals surface area (Å²) in [6.07, 6.45) is 3.69. The predicted octanol–water partition coefficient (Wildman–Crippen LogP) is 0.466. The van der Waals surface area contributed by atoms with Crippen molar-refractivity contribution in [3.05, 3.63) is 85.1 Å². The summed E-state index contributed by atoms with van der Waals surface area (Å²) in [5.41, 5.74) is 6.01. The van der Waals surface area contributed by atoms with E-state index in [1.807, 2.05) is 13.0 Å². The number of hydrogen-bond acceptors (Lipinski definition) is 17. The zero-order chi connectivity index (χ0) is 47.6. The number of rotatable bonds is 3. The quantitative estimate of drug-likeness (QED) is 0.171. The van der Waals surface area contributed by atoms with Crippen LogP contribution in [0.25, 0.3) is 0 Å². The average molecular weight is 910 g/mol. The normalized spacial score (nSPS) is 44.8. The predicted molar refractivity (Wildman–Crippen MR) is 232 cm³/mol. The molecule has 2 bridgehead atoms. The summed E-state index contributed by atoms with van der Waals surface area (Å²) in [7, 11) is 0. The van der Waals surface area contributed by atoms with E-state index in [2.05, 4.69) is 0 Å². The maximum atomic E-state index is 12.5. The van der Waals surface area contributed by atoms with Gasteiger partial charge in [-0.2, -0.15) is 0 Å². The lowest BCUT2D eigenvalue weighted by atomic mass is 9.82. The topological polar surface area (TPSA) is 320 Å². The highest BCUT2D eigenvalue weighted by molar-refractivity contribution is 5.71. The molecule has 3 heterocycles. The average Bonchev–Trinajstić information content (AvgIpc) is 3.19. The summed E-state index contributed by atoms with van der Waals surface area (Å²) in [4.78, 5) is 24.9. The van der Waals surface area contributed by atoms with E-state index < -0.39 is 141 Å². The van der Waals surface area contributed by atoms with E-state index in [4.69, 9.17) is 24.7 Å². The van der Waals surface area contributed by atoms with Crippen molar-refractivity contribution in [3.8, 4) is 0 Å². The zero-order valence-corrected chi connectivity index (χ0v) is 36.7. The Labute approximate surface area is 374 Å². The molecular formula is C46H71NO17. The second-order valence-corrected chi connectivity index (χ2v) is 17.1. The van der Waals surface area contributed by atoms with Gasteiger partial charge < -0.3 is 80.9 Å². The number of carboxylic acid groups (broad SMARTS) is 1. The second kappa shape index (κ2) is 27.3. The third-order valence-corrected chi connectivity index (χ3v) is 11.4. The third kappa shape index (κ3) is 18.8. The van der Waals surface area contributed by atoms with Gasteiger partial charge in [0.25, 0.3) is 0 Å². The molecule has 64 heavy (non-hydrogen) atoms. The summed E-state index contributed by atoms with van der Waals surface area (Å²) in [6, 6.07) is -1.15. The largest absolute Gasteiger partial charge is 0.481 e. The lowest BCUT2D eigenvalue weighted by Gasteiger charge is -2.45. The highest BCUT2D eigenvalue weighted by atomic mass is 16.7. The number of carbonyl (C=O) groups excluding carboxylic acids is 1. The van der Waals surface area contributed by atoms with E-state index in [0.29, 0.717) is 0 Å². The van der Waals surface area contributed by atoms with Gasteiger partial charge in [0.15, 0.2) is 12.1 Å². The second-order valence-electron chi connectivity index (χ2n) is 17.1. The van der Waals surface area contributed by atoms with E-state index in [1.165, 1.54) is 13.0 Å². The molecule has 2 fully saturated rings. The van der Waals surface area contributed by atoms with Crippen LogP contribution in [0.1, 0.15) is 78.6 Å². The molecule has 0 aliphatic carbocycles. The number of nitrogens with two attached hydrogens (primary N) is 1. The summed E-state index contributed by atoms with van der Waals surface area (Å²) < 4.78 is 23.0. The number of hydrogen-bond donors (Lipinski definition) is 12. The summed E-state index contributed by atoms with van der Waals surface area (Å²) in [5, 5.41) is 118. The first-order valence-corrected chi connectivity index (χ1v) is 21.9. The molecule has 0 saturated carbocycles. The van der Waals surface area contributed by atoms with Crippen LogP contribution in [0, 0.1) is 11.8 Å². The van der Waals surface area contributed by atoms with Crippen molar-refractivity contribution in [2.45, 2.75) is 176 Å². The van der Waals surface area contributed by atoms with E-state index in [-0.39, 0.29) is 38.0 Å². The van der Waals surface area contributed by atoms with Gasteiger partial charge in [0.1, 0.15) is 18.1 Å². The maximum Gasteiger partial charge on any atom is 0.311 e. The Morgan fingerprint density at radius 3 is 1.84 bits per heavy atom. The minimum Gasteiger partial charge on any atom is -0.481 e. The Balaban J connectivity index is 1.85. The van der Waals surface area contributed by atoms with Gasteiger partial charge in [-0.3, -0.25) is 9.59 Å². The molecule has 18 heteroatoms. The SMILES string of the molecule is C[C@H]1C[C@H](O)[C@@H](C)/C=C/C=C/C=C/C=C/C=C/C=C/C=C/[C@H](O[C@@H]2O[C@H](C)[C@@H](O)[C@H](N)[C@@H]2O)C[C@@H]2O[C@](O)(C[C@@H](O)C[C@@H](O)[C@H](O)CC[C@@H](O)C[C@@H](O)CC(=O)O1)C[C@H](O)[C@H]2C(=O)O. The fourth-order valence-electron chi connectivity index (χ4n) is 7.74. The molecular weight excluding hydrogens is 838 g/mol. The van der Waals surface area contributed by atoms with E-state index in [9.17, 15) is 65.8 Å². The lowest BCUT2D eigenvalue weighted by molar-refractivity contribution is -0.308. The van der Waals surface area contributed by atoms with Crippen LogP contribution in [0.15, 0.2) is 85.1 Å². The molecule has 2 saturated heterocycles. The highest BCUT2D eigenvalue weighted by Gasteiger charge is 2.51. The number of carboxylic acids is 1. The molecule has 18 nitrogen and oxygen atoms in total. The number of aliphatic hydroxyl groups excluding tert-OH is 9. The van der Waals surface area contributed by atoms with Crippen molar-refractivity contribution in [2.24, 2.45) is 17.6 Å². The van der Waals surface area contributed by atoms with Gasteiger partial charge in [0.05, 0.1) is 79.6 Å². The zero-order valence-electron chi connectivity index (χ0n) is 36.7. The van der Waals surface area contributed by atoms with Gasteiger partial charge in [-0.15, -0.1) is 0 Å². The van der Waals surface area contributed by atoms with Crippen LogP contribution in [0.2, 0.25) is 0 Å². The van der Waals surface area contributed by atoms with Crippen molar-refractivity contribution < 1.29 is 84.7 Å². The lowest BCUT2D eigenvalue weighted by Crippen LogP contribution is -2.61. The van der Waals surface area contributed by atoms with Gasteiger partial charge >= 0.3 is 11.9 Å². The molecule has 0 spiro atoms. The first-order valence-electron chi connectivity index (χ1n) is 21.9. The minimum atomic E-state index is -2.32. The Morgan fingerprint density at radius 2 is 1.25 bits per heavy atom. The van der Waals surface area contributed by atoms with Gasteiger partial charge in [-0.1, -0.05) is 92.0 Å². The number of carbonyl (C=O) groups is 2. The van der Waals surface area contributed by atoms with Crippen LogP contribution in [0.5, 0.6) is 0 Å². The number of ether oxygens (including phenoxy) is 4. The van der Waals surface area contributed by atoms with Crippen molar-refractivity contribution >= 4 is 11.9 Å². The molecule has 3 rings (SSSR count). The number of fused-ring (bicyclic) bond motifs is 2. The summed E-state index contributed by atoms with van der Waals surface area (Å²) in [5.74, 6) is -6.35. The van der Waals surface area contributed by atoms with Gasteiger partial charge in [-0.25, -0.2) is 0 Å². The van der Waals surface area contributed by atoms with Crippen molar-refractivity contribution in [3.63, 3.8) is 0 Å². The number of aliphatic carboxylic acids is 1. The van der Waals surface area contributed by atoms with Crippen LogP contribution in [0.3, 0.4) is 0 Å².